The summed E-state index contributed by atoms with van der Waals surface area (Å²) in [4.78, 5) is 0. The quantitative estimate of drug-likeness (QED) is 0.469. The van der Waals surface area contributed by atoms with Crippen molar-refractivity contribution < 1.29 is 17.6 Å². The van der Waals surface area contributed by atoms with Gasteiger partial charge in [-0.1, -0.05) is 61.0 Å². The molecule has 0 aromatic heterocycles. The third-order valence-electron chi connectivity index (χ3n) is 2.98. The summed E-state index contributed by atoms with van der Waals surface area (Å²) in [5, 5.41) is 2.31. The molecule has 0 saturated heterocycles. The van der Waals surface area contributed by atoms with E-state index in [-0.39, 0.29) is 0 Å². The molecule has 0 bridgehead atoms. The van der Waals surface area contributed by atoms with Crippen LogP contribution in [0.1, 0.15) is 16.7 Å². The van der Waals surface area contributed by atoms with E-state index in [9.17, 15) is 17.6 Å². The van der Waals surface area contributed by atoms with E-state index >= 15 is 0 Å². The first-order valence-electron chi connectivity index (χ1n) is 5.96. The fourth-order valence-electron chi connectivity index (χ4n) is 1.84. The smallest absolute Gasteiger partial charge is 0.194 e. The zero-order valence-corrected chi connectivity index (χ0v) is 11.5. The maximum atomic E-state index is 14.1. The fourth-order valence-corrected chi connectivity index (χ4v) is 1.97. The van der Waals surface area contributed by atoms with Crippen LogP contribution in [-0.2, 0) is 11.8 Å². The number of alkyl halides is 4. The lowest BCUT2D eigenvalue weighted by Crippen LogP contribution is -2.35. The Bertz CT molecular complexity index is 667. The van der Waals surface area contributed by atoms with E-state index in [0.717, 1.165) is 24.3 Å². The molecule has 5 heteroatoms. The predicted molar refractivity (Wildman–Crippen MR) is 76.5 cm³/mol. The Labute approximate surface area is 125 Å². The zero-order chi connectivity index (χ0) is 15.5. The number of halogens is 4. The summed E-state index contributed by atoms with van der Waals surface area (Å²) >= 11 is 3.68. The van der Waals surface area contributed by atoms with E-state index in [1.165, 1.54) is 30.3 Å². The summed E-state index contributed by atoms with van der Waals surface area (Å²) in [6.07, 6.45) is 0. The van der Waals surface area contributed by atoms with Gasteiger partial charge in [-0.3, -0.25) is 0 Å². The number of hydrogen-bond donors (Lipinski definition) is 1. The van der Waals surface area contributed by atoms with Crippen LogP contribution in [0.15, 0.2) is 54.6 Å². The molecule has 21 heavy (non-hydrogen) atoms. The Morgan fingerprint density at radius 1 is 0.714 bits per heavy atom. The van der Waals surface area contributed by atoms with Crippen molar-refractivity contribution in [2.24, 2.45) is 0 Å². The SMILES string of the molecule is FC(F)(c1ccccc1)C(F)(F)c1ccc(C#CS)cc1. The van der Waals surface area contributed by atoms with E-state index in [4.69, 9.17) is 0 Å². The second-order valence-corrected chi connectivity index (χ2v) is 4.55. The molecular weight excluding hydrogens is 300 g/mol. The summed E-state index contributed by atoms with van der Waals surface area (Å²) in [5.74, 6) is -6.08. The molecule has 2 rings (SSSR count). The Kier molecular flexibility index (Phi) is 4.29. The number of rotatable bonds is 3. The highest BCUT2D eigenvalue weighted by Crippen LogP contribution is 2.49. The average molecular weight is 310 g/mol. The monoisotopic (exact) mass is 310 g/mol. The third-order valence-corrected chi connectivity index (χ3v) is 3.09. The minimum atomic E-state index is -4.32. The van der Waals surface area contributed by atoms with Crippen LogP contribution in [0.5, 0.6) is 0 Å². The highest BCUT2D eigenvalue weighted by molar-refractivity contribution is 7.85. The van der Waals surface area contributed by atoms with Crippen LogP contribution in [0.4, 0.5) is 17.6 Å². The van der Waals surface area contributed by atoms with Crippen molar-refractivity contribution in [3.8, 4) is 11.2 Å². The number of benzene rings is 2. The van der Waals surface area contributed by atoms with E-state index in [0.29, 0.717) is 5.56 Å². The predicted octanol–water partition coefficient (Wildman–Crippen LogP) is 4.81. The molecule has 0 nitrogen and oxygen atoms in total. The molecule has 2 aromatic carbocycles. The van der Waals surface area contributed by atoms with Crippen LogP contribution in [0.3, 0.4) is 0 Å². The summed E-state index contributed by atoms with van der Waals surface area (Å²) < 4.78 is 56.4. The molecule has 2 aromatic rings. The van der Waals surface area contributed by atoms with E-state index in [1.54, 1.807) is 0 Å². The molecule has 108 valence electrons. The van der Waals surface area contributed by atoms with Gasteiger partial charge in [0.15, 0.2) is 0 Å². The van der Waals surface area contributed by atoms with Crippen molar-refractivity contribution in [1.29, 1.82) is 0 Å². The molecule has 0 heterocycles. The largest absolute Gasteiger partial charge is 0.339 e. The van der Waals surface area contributed by atoms with Gasteiger partial charge >= 0.3 is 11.8 Å². The summed E-state index contributed by atoms with van der Waals surface area (Å²) in [6.45, 7) is 0. The lowest BCUT2D eigenvalue weighted by molar-refractivity contribution is -0.223. The maximum Gasteiger partial charge on any atom is 0.339 e. The van der Waals surface area contributed by atoms with Crippen molar-refractivity contribution in [2.45, 2.75) is 11.8 Å². The Morgan fingerprint density at radius 3 is 1.67 bits per heavy atom. The van der Waals surface area contributed by atoms with E-state index in [1.807, 2.05) is 0 Å². The van der Waals surface area contributed by atoms with Gasteiger partial charge in [0.1, 0.15) is 0 Å². The number of hydrogen-bond acceptors (Lipinski definition) is 1. The number of thiol groups is 1. The lowest BCUT2D eigenvalue weighted by Gasteiger charge is -2.27. The van der Waals surface area contributed by atoms with Crippen LogP contribution in [-0.4, -0.2) is 0 Å². The van der Waals surface area contributed by atoms with Gasteiger partial charge in [0.25, 0.3) is 0 Å². The molecule has 0 aliphatic rings. The van der Waals surface area contributed by atoms with E-state index < -0.39 is 23.0 Å². The molecule has 0 unspecified atom stereocenters. The Hall–Kier alpha value is -1.93. The lowest BCUT2D eigenvalue weighted by atomic mass is 9.95. The first kappa shape index (κ1) is 15.5. The molecular formula is C16H10F4S. The standard InChI is InChI=1S/C16H10F4S/c17-15(18,13-4-2-1-3-5-13)16(19,20)14-8-6-12(7-9-14)10-11-21/h1-9,21H. The first-order chi connectivity index (χ1) is 9.89. The summed E-state index contributed by atoms with van der Waals surface area (Å²) in [7, 11) is 0. The molecule has 0 fully saturated rings. The van der Waals surface area contributed by atoms with Gasteiger partial charge in [0.2, 0.25) is 0 Å². The molecule has 0 aliphatic carbocycles. The van der Waals surface area contributed by atoms with Gasteiger partial charge in [-0.15, -0.1) is 0 Å². The van der Waals surface area contributed by atoms with Crippen molar-refractivity contribution in [3.05, 3.63) is 71.3 Å². The summed E-state index contributed by atoms with van der Waals surface area (Å²) in [5.41, 5.74) is -1.07. The molecule has 0 amide bonds. The topological polar surface area (TPSA) is 0 Å². The van der Waals surface area contributed by atoms with Gasteiger partial charge in [-0.05, 0) is 17.4 Å². The third kappa shape index (κ3) is 2.91. The van der Waals surface area contributed by atoms with Crippen molar-refractivity contribution >= 4 is 12.6 Å². The minimum Gasteiger partial charge on any atom is -0.194 e. The van der Waals surface area contributed by atoms with Gasteiger partial charge in [-0.2, -0.15) is 17.6 Å². The van der Waals surface area contributed by atoms with Crippen LogP contribution in [0, 0.1) is 11.2 Å². The Balaban J connectivity index is 2.42. The normalized spacial score (nSPS) is 11.7. The molecule has 0 spiro atoms. The van der Waals surface area contributed by atoms with Gasteiger partial charge in [-0.25, -0.2) is 0 Å². The fraction of sp³-hybridized carbons (Fsp3) is 0.125. The average Bonchev–Trinajstić information content (AvgIpc) is 2.49. The molecule has 0 radical (unpaired) electrons. The zero-order valence-electron chi connectivity index (χ0n) is 10.7. The summed E-state index contributed by atoms with van der Waals surface area (Å²) in [6, 6.07) is 10.5. The molecule has 0 aliphatic heterocycles. The van der Waals surface area contributed by atoms with Crippen LogP contribution < -0.4 is 0 Å². The van der Waals surface area contributed by atoms with Crippen LogP contribution in [0.2, 0.25) is 0 Å². The highest BCUT2D eigenvalue weighted by atomic mass is 32.1. The molecule has 0 atom stereocenters. The van der Waals surface area contributed by atoms with Crippen molar-refractivity contribution in [1.82, 2.24) is 0 Å². The van der Waals surface area contributed by atoms with Gasteiger partial charge < -0.3 is 0 Å². The van der Waals surface area contributed by atoms with Gasteiger partial charge in [0.05, 0.1) is 0 Å². The molecule has 0 saturated carbocycles. The maximum absolute atomic E-state index is 14.1. The van der Waals surface area contributed by atoms with Crippen LogP contribution in [0.25, 0.3) is 0 Å². The minimum absolute atomic E-state index is 0.424. The van der Waals surface area contributed by atoms with Crippen LogP contribution >= 0.6 is 12.6 Å². The second kappa shape index (κ2) is 5.82. The van der Waals surface area contributed by atoms with Crippen molar-refractivity contribution in [3.63, 3.8) is 0 Å². The first-order valence-corrected chi connectivity index (χ1v) is 6.41. The van der Waals surface area contributed by atoms with Gasteiger partial charge in [0, 0.05) is 16.7 Å². The van der Waals surface area contributed by atoms with Crippen molar-refractivity contribution in [2.75, 3.05) is 0 Å². The Morgan fingerprint density at radius 2 is 1.19 bits per heavy atom. The second-order valence-electron chi connectivity index (χ2n) is 4.33. The van der Waals surface area contributed by atoms with E-state index in [2.05, 4.69) is 23.8 Å². The highest BCUT2D eigenvalue weighted by Gasteiger charge is 2.58. The molecule has 0 N–H and O–H groups in total.